The van der Waals surface area contributed by atoms with Crippen molar-refractivity contribution < 1.29 is 29.4 Å². The van der Waals surface area contributed by atoms with Crippen molar-refractivity contribution in [2.24, 2.45) is 5.73 Å². The molecular weight excluding hydrogens is 522 g/mol. The largest absolute Gasteiger partial charge is 0.508 e. The quantitative estimate of drug-likeness (QED) is 0.153. The van der Waals surface area contributed by atoms with Gasteiger partial charge in [0.25, 0.3) is 0 Å². The van der Waals surface area contributed by atoms with Crippen LogP contribution in [0.4, 0.5) is 0 Å². The number of carboxylic acid groups (broad SMARTS) is 1. The number of amides is 3. The minimum Gasteiger partial charge on any atom is -0.508 e. The van der Waals surface area contributed by atoms with Gasteiger partial charge in [-0.05, 0) is 54.2 Å². The van der Waals surface area contributed by atoms with Crippen molar-refractivity contribution in [1.82, 2.24) is 20.9 Å². The molecule has 11 nitrogen and oxygen atoms in total. The van der Waals surface area contributed by atoms with Crippen LogP contribution in [0.1, 0.15) is 17.5 Å². The third-order valence-electron chi connectivity index (χ3n) is 6.13. The van der Waals surface area contributed by atoms with Crippen LogP contribution in [0.25, 0.3) is 10.9 Å². The highest BCUT2D eigenvalue weighted by Crippen LogP contribution is 2.19. The summed E-state index contributed by atoms with van der Waals surface area (Å²) in [6.45, 7) is -0.457. The number of thioether (sulfide) groups is 1. The molecule has 3 amide bonds. The Bertz CT molecular complexity index is 1300. The zero-order valence-corrected chi connectivity index (χ0v) is 22.3. The molecule has 1 heterocycles. The Morgan fingerprint density at radius 2 is 1.69 bits per heavy atom. The maximum absolute atomic E-state index is 12.8. The number of aromatic hydroxyl groups is 1. The number of fused-ring (bicyclic) bond motifs is 1. The summed E-state index contributed by atoms with van der Waals surface area (Å²) >= 11 is 1.49. The molecule has 3 aromatic rings. The number of benzene rings is 2. The number of aliphatic carboxylic acids is 1. The summed E-state index contributed by atoms with van der Waals surface area (Å²) in [5, 5.41) is 27.5. The first kappa shape index (κ1) is 29.5. The van der Waals surface area contributed by atoms with Crippen molar-refractivity contribution in [1.29, 1.82) is 0 Å². The first-order chi connectivity index (χ1) is 18.7. The van der Waals surface area contributed by atoms with E-state index in [2.05, 4.69) is 20.9 Å². The van der Waals surface area contributed by atoms with Crippen LogP contribution in [0, 0.1) is 0 Å². The minimum atomic E-state index is -1.20. The molecule has 39 heavy (non-hydrogen) atoms. The van der Waals surface area contributed by atoms with Crippen LogP contribution in [0.2, 0.25) is 0 Å². The van der Waals surface area contributed by atoms with E-state index < -0.39 is 48.4 Å². The number of nitrogens with one attached hydrogen (secondary N) is 4. The van der Waals surface area contributed by atoms with Gasteiger partial charge in [0.1, 0.15) is 17.8 Å². The van der Waals surface area contributed by atoms with Crippen LogP contribution in [0.3, 0.4) is 0 Å². The third-order valence-corrected chi connectivity index (χ3v) is 6.77. The number of rotatable bonds is 14. The summed E-state index contributed by atoms with van der Waals surface area (Å²) in [6, 6.07) is 10.7. The van der Waals surface area contributed by atoms with E-state index in [1.807, 2.05) is 30.5 Å². The Hall–Kier alpha value is -4.03. The number of para-hydroxylation sites is 1. The highest BCUT2D eigenvalue weighted by atomic mass is 32.2. The van der Waals surface area contributed by atoms with E-state index in [1.54, 1.807) is 18.3 Å². The van der Waals surface area contributed by atoms with Gasteiger partial charge in [0.05, 0.1) is 12.6 Å². The van der Waals surface area contributed by atoms with E-state index in [4.69, 9.17) is 5.73 Å². The SMILES string of the molecule is CSCCC(NC(=O)C(N)Cc1ccc(O)cc1)C(=O)NCC(=O)NC(Cc1c[nH]c2ccccc12)C(=O)O. The predicted octanol–water partition coefficient (Wildman–Crippen LogP) is 0.910. The molecule has 8 N–H and O–H groups in total. The Kier molecular flexibility index (Phi) is 10.8. The van der Waals surface area contributed by atoms with Gasteiger partial charge in [-0.3, -0.25) is 14.4 Å². The van der Waals surface area contributed by atoms with Crippen molar-refractivity contribution in [2.75, 3.05) is 18.6 Å². The number of carbonyl (C=O) groups is 4. The number of nitrogens with two attached hydrogens (primary N) is 1. The average Bonchev–Trinajstić information content (AvgIpc) is 3.33. The maximum atomic E-state index is 12.8. The van der Waals surface area contributed by atoms with E-state index in [0.29, 0.717) is 12.2 Å². The van der Waals surface area contributed by atoms with E-state index >= 15 is 0 Å². The van der Waals surface area contributed by atoms with Gasteiger partial charge in [-0.15, -0.1) is 0 Å². The van der Waals surface area contributed by atoms with E-state index in [-0.39, 0.29) is 18.6 Å². The summed E-state index contributed by atoms with van der Waals surface area (Å²) in [5.74, 6) is -2.31. The molecule has 0 aliphatic heterocycles. The Morgan fingerprint density at radius 3 is 2.38 bits per heavy atom. The highest BCUT2D eigenvalue weighted by molar-refractivity contribution is 7.98. The molecule has 3 rings (SSSR count). The second kappa shape index (κ2) is 14.2. The standard InChI is InChI=1S/C27H33N5O6S/c1-39-11-10-22(32-25(35)20(28)12-16-6-8-18(33)9-7-16)26(36)30-15-24(34)31-23(27(37)38)13-17-14-29-21-5-3-2-4-19(17)21/h2-9,14,20,22-23,29,33H,10-13,15,28H2,1H3,(H,30,36)(H,31,34)(H,32,35)(H,37,38). The summed E-state index contributed by atoms with van der Waals surface area (Å²) in [7, 11) is 0. The van der Waals surface area contributed by atoms with Gasteiger partial charge < -0.3 is 36.9 Å². The lowest BCUT2D eigenvalue weighted by molar-refractivity contribution is -0.141. The molecule has 0 radical (unpaired) electrons. The highest BCUT2D eigenvalue weighted by Gasteiger charge is 2.26. The molecule has 0 saturated heterocycles. The number of carboxylic acids is 1. The topological polar surface area (TPSA) is 187 Å². The van der Waals surface area contributed by atoms with Gasteiger partial charge in [-0.25, -0.2) is 4.79 Å². The lowest BCUT2D eigenvalue weighted by Gasteiger charge is -2.21. The summed E-state index contributed by atoms with van der Waals surface area (Å²) < 4.78 is 0. The summed E-state index contributed by atoms with van der Waals surface area (Å²) in [5.41, 5.74) is 8.37. The van der Waals surface area contributed by atoms with Crippen LogP contribution in [0.5, 0.6) is 5.75 Å². The van der Waals surface area contributed by atoms with Crippen LogP contribution in [-0.2, 0) is 32.0 Å². The molecule has 12 heteroatoms. The number of carbonyl (C=O) groups excluding carboxylic acids is 3. The monoisotopic (exact) mass is 555 g/mol. The molecule has 0 spiro atoms. The Labute approximate surface area is 229 Å². The van der Waals surface area contributed by atoms with Gasteiger partial charge in [-0.2, -0.15) is 11.8 Å². The average molecular weight is 556 g/mol. The zero-order chi connectivity index (χ0) is 28.4. The fourth-order valence-electron chi connectivity index (χ4n) is 4.02. The molecule has 0 aliphatic rings. The van der Waals surface area contributed by atoms with Crippen LogP contribution >= 0.6 is 11.8 Å². The smallest absolute Gasteiger partial charge is 0.326 e. The van der Waals surface area contributed by atoms with Crippen molar-refractivity contribution in [3.63, 3.8) is 0 Å². The third kappa shape index (κ3) is 8.76. The summed E-state index contributed by atoms with van der Waals surface area (Å²) in [6.07, 6.45) is 4.15. The van der Waals surface area contributed by atoms with E-state index in [9.17, 15) is 29.4 Å². The van der Waals surface area contributed by atoms with Crippen LogP contribution < -0.4 is 21.7 Å². The first-order valence-corrected chi connectivity index (χ1v) is 13.7. The summed E-state index contributed by atoms with van der Waals surface area (Å²) in [4.78, 5) is 52.9. The van der Waals surface area contributed by atoms with Gasteiger partial charge in [0.2, 0.25) is 17.7 Å². The Morgan fingerprint density at radius 1 is 0.974 bits per heavy atom. The second-order valence-corrected chi connectivity index (χ2v) is 10.0. The number of aromatic amines is 1. The molecule has 3 atom stereocenters. The number of phenolic OH excluding ortho intramolecular Hbond substituents is 1. The molecule has 208 valence electrons. The number of hydrogen-bond acceptors (Lipinski definition) is 7. The second-order valence-electron chi connectivity index (χ2n) is 9.06. The number of hydrogen-bond donors (Lipinski definition) is 7. The maximum Gasteiger partial charge on any atom is 0.326 e. The van der Waals surface area contributed by atoms with Crippen molar-refractivity contribution in [3.8, 4) is 5.75 Å². The van der Waals surface area contributed by atoms with Gasteiger partial charge in [-0.1, -0.05) is 30.3 Å². The lowest BCUT2D eigenvalue weighted by Crippen LogP contribution is -2.54. The normalized spacial score (nSPS) is 13.3. The molecule has 0 bridgehead atoms. The zero-order valence-electron chi connectivity index (χ0n) is 21.5. The van der Waals surface area contributed by atoms with Crippen LogP contribution in [-0.4, -0.2) is 75.6 Å². The van der Waals surface area contributed by atoms with Gasteiger partial charge in [0, 0.05) is 23.5 Å². The molecular formula is C27H33N5O6S. The molecule has 0 aliphatic carbocycles. The molecule has 2 aromatic carbocycles. The Balaban J connectivity index is 1.54. The fourth-order valence-corrected chi connectivity index (χ4v) is 4.49. The van der Waals surface area contributed by atoms with Crippen molar-refractivity contribution in [3.05, 3.63) is 65.9 Å². The molecule has 1 aromatic heterocycles. The molecule has 3 unspecified atom stereocenters. The lowest BCUT2D eigenvalue weighted by atomic mass is 10.0. The van der Waals surface area contributed by atoms with Crippen molar-refractivity contribution in [2.45, 2.75) is 37.4 Å². The van der Waals surface area contributed by atoms with Gasteiger partial charge in [0.15, 0.2) is 0 Å². The first-order valence-electron chi connectivity index (χ1n) is 12.4. The van der Waals surface area contributed by atoms with E-state index in [1.165, 1.54) is 23.9 Å². The van der Waals surface area contributed by atoms with Crippen LogP contribution in [0.15, 0.2) is 54.7 Å². The molecule has 0 fully saturated rings. The van der Waals surface area contributed by atoms with Gasteiger partial charge >= 0.3 is 5.97 Å². The van der Waals surface area contributed by atoms with Crippen molar-refractivity contribution >= 4 is 46.4 Å². The number of aromatic nitrogens is 1. The number of phenols is 1. The van der Waals surface area contributed by atoms with E-state index in [0.717, 1.165) is 22.0 Å². The fraction of sp³-hybridized carbons (Fsp3) is 0.333. The molecule has 0 saturated carbocycles. The minimum absolute atomic E-state index is 0.0599. The predicted molar refractivity (Wildman–Crippen MR) is 149 cm³/mol. The number of H-pyrrole nitrogens is 1.